The number of carbonyl (C=O) groups excluding carboxylic acids is 2. The summed E-state index contributed by atoms with van der Waals surface area (Å²) in [6, 6.07) is 14.9. The molecule has 0 bridgehead atoms. The minimum Gasteiger partial charge on any atom is -0.406 e. The average Bonchev–Trinajstić information content (AvgIpc) is 3.00. The molecule has 158 valence electrons. The van der Waals surface area contributed by atoms with Crippen LogP contribution in [0.4, 0.5) is 18.9 Å². The zero-order valence-corrected chi connectivity index (χ0v) is 16.2. The summed E-state index contributed by atoms with van der Waals surface area (Å²) in [5.41, 5.74) is 0.818. The van der Waals surface area contributed by atoms with Crippen molar-refractivity contribution in [3.8, 4) is 5.75 Å². The van der Waals surface area contributed by atoms with Crippen LogP contribution < -0.4 is 9.64 Å². The van der Waals surface area contributed by atoms with Crippen LogP contribution >= 0.6 is 0 Å². The molecule has 4 rings (SSSR count). The van der Waals surface area contributed by atoms with Gasteiger partial charge in [0.1, 0.15) is 5.75 Å². The van der Waals surface area contributed by atoms with E-state index in [0.29, 0.717) is 38.2 Å². The number of ether oxygens (including phenoxy) is 1. The maximum atomic E-state index is 13.2. The van der Waals surface area contributed by atoms with Gasteiger partial charge in [-0.2, -0.15) is 0 Å². The fourth-order valence-electron chi connectivity index (χ4n) is 4.23. The number of amides is 2. The molecule has 0 aromatic heterocycles. The third kappa shape index (κ3) is 4.13. The second-order valence-electron chi connectivity index (χ2n) is 7.76. The number of carbonyl (C=O) groups is 2. The summed E-state index contributed by atoms with van der Waals surface area (Å²) >= 11 is 0. The van der Waals surface area contributed by atoms with Crippen LogP contribution in [0.3, 0.4) is 0 Å². The van der Waals surface area contributed by atoms with Gasteiger partial charge >= 0.3 is 6.36 Å². The van der Waals surface area contributed by atoms with Gasteiger partial charge in [0.25, 0.3) is 0 Å². The Kier molecular flexibility index (Phi) is 5.17. The Morgan fingerprint density at radius 2 is 1.60 bits per heavy atom. The molecule has 0 N–H and O–H groups in total. The van der Waals surface area contributed by atoms with Crippen molar-refractivity contribution in [2.75, 3.05) is 18.0 Å². The lowest BCUT2D eigenvalue weighted by Gasteiger charge is -2.37. The van der Waals surface area contributed by atoms with Crippen LogP contribution in [-0.4, -0.2) is 36.2 Å². The quantitative estimate of drug-likeness (QED) is 0.750. The molecule has 2 aliphatic heterocycles. The van der Waals surface area contributed by atoms with Gasteiger partial charge in [0, 0.05) is 31.7 Å². The Labute approximate surface area is 172 Å². The van der Waals surface area contributed by atoms with Crippen molar-refractivity contribution in [1.82, 2.24) is 4.90 Å². The number of alkyl halides is 3. The topological polar surface area (TPSA) is 49.9 Å². The summed E-state index contributed by atoms with van der Waals surface area (Å²) < 4.78 is 40.9. The normalized spacial score (nSPS) is 22.1. The maximum Gasteiger partial charge on any atom is 0.573 e. The van der Waals surface area contributed by atoms with Crippen LogP contribution in [0.2, 0.25) is 0 Å². The highest BCUT2D eigenvalue weighted by atomic mass is 19.4. The first-order chi connectivity index (χ1) is 14.3. The zero-order chi connectivity index (χ0) is 21.4. The van der Waals surface area contributed by atoms with E-state index in [1.165, 1.54) is 24.3 Å². The molecule has 30 heavy (non-hydrogen) atoms. The molecule has 5 nitrogen and oxygen atoms in total. The molecule has 1 unspecified atom stereocenters. The summed E-state index contributed by atoms with van der Waals surface area (Å²) in [5.74, 6) is -0.522. The van der Waals surface area contributed by atoms with Crippen LogP contribution in [0.15, 0.2) is 54.6 Å². The minimum absolute atomic E-state index is 0.0470. The van der Waals surface area contributed by atoms with Crippen LogP contribution in [0.1, 0.15) is 24.8 Å². The number of rotatable bonds is 4. The number of benzene rings is 2. The number of likely N-dealkylation sites (tertiary alicyclic amines) is 1. The maximum absolute atomic E-state index is 13.2. The number of hydrogen-bond acceptors (Lipinski definition) is 3. The molecule has 2 amide bonds. The molecule has 1 atom stereocenters. The first-order valence-electron chi connectivity index (χ1n) is 9.75. The molecule has 0 radical (unpaired) electrons. The summed E-state index contributed by atoms with van der Waals surface area (Å²) in [7, 11) is 0. The summed E-state index contributed by atoms with van der Waals surface area (Å²) in [5, 5.41) is 0. The van der Waals surface area contributed by atoms with Crippen molar-refractivity contribution in [3.05, 3.63) is 60.2 Å². The summed E-state index contributed by atoms with van der Waals surface area (Å²) in [6.07, 6.45) is -3.47. The van der Waals surface area contributed by atoms with Gasteiger partial charge < -0.3 is 14.5 Å². The molecule has 2 saturated heterocycles. The molecule has 2 aliphatic rings. The highest BCUT2D eigenvalue weighted by Gasteiger charge is 2.51. The van der Waals surface area contributed by atoms with Crippen molar-refractivity contribution < 1.29 is 27.5 Å². The molecule has 8 heteroatoms. The van der Waals surface area contributed by atoms with Gasteiger partial charge in [-0.15, -0.1) is 13.2 Å². The monoisotopic (exact) mass is 418 g/mol. The van der Waals surface area contributed by atoms with Gasteiger partial charge in [-0.3, -0.25) is 9.59 Å². The third-order valence-electron chi connectivity index (χ3n) is 5.81. The summed E-state index contributed by atoms with van der Waals surface area (Å²) in [6.45, 7) is 1.46. The lowest BCUT2D eigenvalue weighted by Crippen LogP contribution is -2.47. The van der Waals surface area contributed by atoms with Crippen LogP contribution in [-0.2, 0) is 16.1 Å². The fourth-order valence-corrected chi connectivity index (χ4v) is 4.23. The average molecular weight is 418 g/mol. The van der Waals surface area contributed by atoms with Gasteiger partial charge in [0.2, 0.25) is 11.8 Å². The van der Waals surface area contributed by atoms with Crippen molar-refractivity contribution in [2.24, 2.45) is 5.41 Å². The Bertz CT molecular complexity index is 931. The van der Waals surface area contributed by atoms with Crippen LogP contribution in [0.5, 0.6) is 5.75 Å². The minimum atomic E-state index is -4.76. The highest BCUT2D eigenvalue weighted by Crippen LogP contribution is 2.44. The number of nitrogens with zero attached hydrogens (tertiary/aromatic N) is 2. The van der Waals surface area contributed by atoms with E-state index in [1.807, 2.05) is 30.3 Å². The predicted octanol–water partition coefficient (Wildman–Crippen LogP) is 4.13. The first kappa shape index (κ1) is 20.3. The zero-order valence-electron chi connectivity index (χ0n) is 16.2. The second kappa shape index (κ2) is 7.66. The Balaban J connectivity index is 1.42. The SMILES string of the molecule is O=C1CC2(CCN1Cc1ccccc1)CCN(c1ccc(OC(F)(F)F)cc1)C2=O. The lowest BCUT2D eigenvalue weighted by atomic mass is 9.76. The second-order valence-corrected chi connectivity index (χ2v) is 7.76. The molecule has 2 heterocycles. The molecule has 0 aliphatic carbocycles. The lowest BCUT2D eigenvalue weighted by molar-refractivity contribution is -0.274. The van der Waals surface area contributed by atoms with Crippen molar-refractivity contribution >= 4 is 17.5 Å². The van der Waals surface area contributed by atoms with Gasteiger partial charge in [0.05, 0.1) is 5.41 Å². The smallest absolute Gasteiger partial charge is 0.406 e. The highest BCUT2D eigenvalue weighted by molar-refractivity contribution is 6.02. The van der Waals surface area contributed by atoms with E-state index in [4.69, 9.17) is 0 Å². The van der Waals surface area contributed by atoms with E-state index in [0.717, 1.165) is 5.56 Å². The first-order valence-corrected chi connectivity index (χ1v) is 9.75. The van der Waals surface area contributed by atoms with Gasteiger partial charge in [-0.05, 0) is 42.7 Å². The molecule has 2 aromatic carbocycles. The number of hydrogen-bond donors (Lipinski definition) is 0. The van der Waals surface area contributed by atoms with E-state index >= 15 is 0 Å². The van der Waals surface area contributed by atoms with Gasteiger partial charge in [-0.1, -0.05) is 30.3 Å². The van der Waals surface area contributed by atoms with Crippen LogP contribution in [0.25, 0.3) is 0 Å². The van der Waals surface area contributed by atoms with Crippen molar-refractivity contribution in [2.45, 2.75) is 32.2 Å². The van der Waals surface area contributed by atoms with Crippen LogP contribution in [0, 0.1) is 5.41 Å². The molecule has 2 aromatic rings. The standard InChI is InChI=1S/C22H21F3N2O3/c23-22(24,25)30-18-8-6-17(7-9-18)27-13-11-21(20(27)29)10-12-26(19(28)14-21)15-16-4-2-1-3-5-16/h1-9H,10-15H2. The van der Waals surface area contributed by atoms with Crippen molar-refractivity contribution in [3.63, 3.8) is 0 Å². The predicted molar refractivity (Wildman–Crippen MR) is 104 cm³/mol. The molecule has 2 fully saturated rings. The Morgan fingerprint density at radius 3 is 2.23 bits per heavy atom. The van der Waals surface area contributed by atoms with E-state index in [2.05, 4.69) is 4.74 Å². The van der Waals surface area contributed by atoms with Gasteiger partial charge in [-0.25, -0.2) is 0 Å². The van der Waals surface area contributed by atoms with Gasteiger partial charge in [0.15, 0.2) is 0 Å². The number of halogens is 3. The number of anilines is 1. The fraction of sp³-hybridized carbons (Fsp3) is 0.364. The Hall–Kier alpha value is -3.03. The Morgan fingerprint density at radius 1 is 0.933 bits per heavy atom. The third-order valence-corrected chi connectivity index (χ3v) is 5.81. The number of piperidine rings is 1. The van der Waals surface area contributed by atoms with Crippen molar-refractivity contribution in [1.29, 1.82) is 0 Å². The van der Waals surface area contributed by atoms with E-state index in [9.17, 15) is 22.8 Å². The molecular formula is C22H21F3N2O3. The largest absolute Gasteiger partial charge is 0.573 e. The van der Waals surface area contributed by atoms with E-state index in [1.54, 1.807) is 9.80 Å². The summed E-state index contributed by atoms with van der Waals surface area (Å²) in [4.78, 5) is 29.2. The van der Waals surface area contributed by atoms with E-state index < -0.39 is 11.8 Å². The molecular weight excluding hydrogens is 397 g/mol. The molecule has 1 spiro atoms. The molecule has 0 saturated carbocycles. The van der Waals surface area contributed by atoms with E-state index in [-0.39, 0.29) is 24.0 Å².